The molecule has 2 heterocycles. The van der Waals surface area contributed by atoms with Crippen molar-refractivity contribution in [3.05, 3.63) is 76.5 Å². The van der Waals surface area contributed by atoms with Crippen LogP contribution in [0.2, 0.25) is 0 Å². The Labute approximate surface area is 191 Å². The zero-order valence-electron chi connectivity index (χ0n) is 17.3. The van der Waals surface area contributed by atoms with Gasteiger partial charge in [0.2, 0.25) is 15.9 Å². The summed E-state index contributed by atoms with van der Waals surface area (Å²) in [7, 11) is -3.64. The monoisotopic (exact) mass is 469 g/mol. The zero-order valence-corrected chi connectivity index (χ0v) is 18.9. The van der Waals surface area contributed by atoms with E-state index >= 15 is 0 Å². The molecular weight excluding hydrogens is 446 g/mol. The van der Waals surface area contributed by atoms with Crippen molar-refractivity contribution in [2.24, 2.45) is 0 Å². The van der Waals surface area contributed by atoms with E-state index < -0.39 is 10.0 Å². The van der Waals surface area contributed by atoms with E-state index in [-0.39, 0.29) is 16.7 Å². The summed E-state index contributed by atoms with van der Waals surface area (Å²) in [6, 6.07) is 16.8. The zero-order chi connectivity index (χ0) is 22.6. The minimum Gasteiger partial charge on any atom is -0.322 e. The molecule has 3 aromatic rings. The van der Waals surface area contributed by atoms with Crippen LogP contribution in [0.5, 0.6) is 0 Å². The van der Waals surface area contributed by atoms with E-state index in [4.69, 9.17) is 0 Å². The minimum atomic E-state index is -3.64. The lowest BCUT2D eigenvalue weighted by Crippen LogP contribution is -2.26. The smallest absolute Gasteiger partial charge is 0.255 e. The number of nitrogens with one attached hydrogen (secondary N) is 2. The van der Waals surface area contributed by atoms with Crippen LogP contribution in [0.15, 0.2) is 70.9 Å². The summed E-state index contributed by atoms with van der Waals surface area (Å²) in [5, 5.41) is 4.74. The van der Waals surface area contributed by atoms with E-state index in [1.54, 1.807) is 40.5 Å². The molecule has 0 atom stereocenters. The maximum absolute atomic E-state index is 12.5. The van der Waals surface area contributed by atoms with Crippen molar-refractivity contribution >= 4 is 44.5 Å². The third kappa shape index (κ3) is 5.24. The standard InChI is InChI=1S/C23H23N3O4S2/c27-22-4-1-15-26(22)19-9-7-18(8-10-19)25-23(28)17-5-11-21(12-6-17)32(29,30)24-14-13-20-3-2-16-31-20/h2-3,5-12,16,24H,1,4,13-15H2,(H,25,28). The summed E-state index contributed by atoms with van der Waals surface area (Å²) in [5.74, 6) is -0.234. The Kier molecular flexibility index (Phi) is 6.69. The van der Waals surface area contributed by atoms with E-state index in [2.05, 4.69) is 10.0 Å². The molecule has 0 radical (unpaired) electrons. The first kappa shape index (κ1) is 22.2. The Balaban J connectivity index is 1.34. The quantitative estimate of drug-likeness (QED) is 0.526. The van der Waals surface area contributed by atoms with Crippen molar-refractivity contribution < 1.29 is 18.0 Å². The van der Waals surface area contributed by atoms with Crippen molar-refractivity contribution in [3.8, 4) is 0 Å². The van der Waals surface area contributed by atoms with E-state index in [1.165, 1.54) is 24.3 Å². The average Bonchev–Trinajstić information content (AvgIpc) is 3.46. The average molecular weight is 470 g/mol. The fourth-order valence-electron chi connectivity index (χ4n) is 3.48. The molecule has 7 nitrogen and oxygen atoms in total. The third-order valence-electron chi connectivity index (χ3n) is 5.18. The van der Waals surface area contributed by atoms with Gasteiger partial charge in [0, 0.05) is 41.3 Å². The second-order valence-corrected chi connectivity index (χ2v) is 10.2. The third-order valence-corrected chi connectivity index (χ3v) is 7.59. The lowest BCUT2D eigenvalue weighted by atomic mass is 10.2. The van der Waals surface area contributed by atoms with Gasteiger partial charge in [-0.1, -0.05) is 6.07 Å². The fraction of sp³-hybridized carbons (Fsp3) is 0.217. The Morgan fingerprint density at radius 2 is 1.78 bits per heavy atom. The highest BCUT2D eigenvalue weighted by molar-refractivity contribution is 7.89. The van der Waals surface area contributed by atoms with Crippen molar-refractivity contribution in [2.75, 3.05) is 23.3 Å². The molecule has 2 aromatic carbocycles. The number of hydrogen-bond donors (Lipinski definition) is 2. The molecule has 2 N–H and O–H groups in total. The van der Waals surface area contributed by atoms with Crippen LogP contribution in [-0.4, -0.2) is 33.3 Å². The summed E-state index contributed by atoms with van der Waals surface area (Å²) in [5.41, 5.74) is 1.75. The predicted octanol–water partition coefficient (Wildman–Crippen LogP) is 3.65. The Hall–Kier alpha value is -3.01. The Bertz CT molecular complexity index is 1190. The highest BCUT2D eigenvalue weighted by Crippen LogP contribution is 2.23. The fourth-order valence-corrected chi connectivity index (χ4v) is 5.22. The van der Waals surface area contributed by atoms with Crippen molar-refractivity contribution in [1.82, 2.24) is 4.72 Å². The Morgan fingerprint density at radius 1 is 1.03 bits per heavy atom. The lowest BCUT2D eigenvalue weighted by Gasteiger charge is -2.16. The van der Waals surface area contributed by atoms with Crippen LogP contribution in [0.3, 0.4) is 0 Å². The first-order chi connectivity index (χ1) is 15.4. The van der Waals surface area contributed by atoms with Gasteiger partial charge in [-0.15, -0.1) is 11.3 Å². The molecule has 0 unspecified atom stereocenters. The number of carbonyl (C=O) groups excluding carboxylic acids is 2. The van der Waals surface area contributed by atoms with E-state index in [9.17, 15) is 18.0 Å². The number of anilines is 2. The van der Waals surface area contributed by atoms with Crippen LogP contribution in [-0.2, 0) is 21.2 Å². The number of hydrogen-bond acceptors (Lipinski definition) is 5. The number of nitrogens with zero attached hydrogens (tertiary/aromatic N) is 1. The number of thiophene rings is 1. The van der Waals surface area contributed by atoms with Gasteiger partial charge in [-0.2, -0.15) is 0 Å². The van der Waals surface area contributed by atoms with Crippen LogP contribution < -0.4 is 14.9 Å². The van der Waals surface area contributed by atoms with Crippen LogP contribution in [0.1, 0.15) is 28.1 Å². The number of rotatable bonds is 8. The number of carbonyl (C=O) groups is 2. The van der Waals surface area contributed by atoms with Gasteiger partial charge in [0.05, 0.1) is 4.90 Å². The van der Waals surface area contributed by atoms with Crippen LogP contribution >= 0.6 is 11.3 Å². The van der Waals surface area contributed by atoms with Crippen molar-refractivity contribution in [3.63, 3.8) is 0 Å². The first-order valence-corrected chi connectivity index (χ1v) is 12.6. The summed E-state index contributed by atoms with van der Waals surface area (Å²) >= 11 is 1.59. The molecule has 1 aromatic heterocycles. The topological polar surface area (TPSA) is 95.6 Å². The van der Waals surface area contributed by atoms with Gasteiger partial charge in [0.25, 0.3) is 5.91 Å². The van der Waals surface area contributed by atoms with Gasteiger partial charge in [0.1, 0.15) is 0 Å². The molecule has 9 heteroatoms. The van der Waals surface area contributed by atoms with Gasteiger partial charge >= 0.3 is 0 Å². The molecule has 1 aliphatic heterocycles. The highest BCUT2D eigenvalue weighted by Gasteiger charge is 2.21. The normalized spacial score (nSPS) is 14.0. The molecular formula is C23H23N3O4S2. The molecule has 1 aliphatic rings. The number of sulfonamides is 1. The first-order valence-electron chi connectivity index (χ1n) is 10.3. The molecule has 4 rings (SSSR count). The van der Waals surface area contributed by atoms with Crippen molar-refractivity contribution in [1.29, 1.82) is 0 Å². The largest absolute Gasteiger partial charge is 0.322 e. The second kappa shape index (κ2) is 9.64. The maximum Gasteiger partial charge on any atom is 0.255 e. The number of benzene rings is 2. The number of amides is 2. The van der Waals surface area contributed by atoms with Crippen LogP contribution in [0.25, 0.3) is 0 Å². The molecule has 0 spiro atoms. The van der Waals surface area contributed by atoms with Crippen LogP contribution in [0, 0.1) is 0 Å². The highest BCUT2D eigenvalue weighted by atomic mass is 32.2. The maximum atomic E-state index is 12.5. The van der Waals surface area contributed by atoms with Gasteiger partial charge in [-0.3, -0.25) is 9.59 Å². The molecule has 1 saturated heterocycles. The van der Waals surface area contributed by atoms with Gasteiger partial charge in [0.15, 0.2) is 0 Å². The van der Waals surface area contributed by atoms with Gasteiger partial charge in [-0.25, -0.2) is 13.1 Å². The molecule has 2 amide bonds. The lowest BCUT2D eigenvalue weighted by molar-refractivity contribution is -0.117. The van der Waals surface area contributed by atoms with E-state index in [1.807, 2.05) is 17.5 Å². The predicted molar refractivity (Wildman–Crippen MR) is 126 cm³/mol. The second-order valence-electron chi connectivity index (χ2n) is 7.40. The molecule has 166 valence electrons. The molecule has 1 fully saturated rings. The molecule has 0 bridgehead atoms. The SMILES string of the molecule is O=C(Nc1ccc(N2CCCC2=O)cc1)c1ccc(S(=O)(=O)NCCc2cccs2)cc1. The van der Waals surface area contributed by atoms with Crippen LogP contribution in [0.4, 0.5) is 11.4 Å². The molecule has 0 saturated carbocycles. The Morgan fingerprint density at radius 3 is 2.41 bits per heavy atom. The summed E-state index contributed by atoms with van der Waals surface area (Å²) in [6.07, 6.45) is 2.05. The minimum absolute atomic E-state index is 0.109. The van der Waals surface area contributed by atoms with Crippen molar-refractivity contribution in [2.45, 2.75) is 24.2 Å². The summed E-state index contributed by atoms with van der Waals surface area (Å²) in [6.45, 7) is 1.02. The summed E-state index contributed by atoms with van der Waals surface area (Å²) in [4.78, 5) is 27.3. The molecule has 32 heavy (non-hydrogen) atoms. The molecule has 0 aliphatic carbocycles. The van der Waals surface area contributed by atoms with Gasteiger partial charge in [-0.05, 0) is 72.8 Å². The van der Waals surface area contributed by atoms with E-state index in [0.29, 0.717) is 37.2 Å². The van der Waals surface area contributed by atoms with Gasteiger partial charge < -0.3 is 10.2 Å². The summed E-state index contributed by atoms with van der Waals surface area (Å²) < 4.78 is 27.5. The van der Waals surface area contributed by atoms with E-state index in [0.717, 1.165) is 17.0 Å².